The number of nitrogens with one attached hydrogen (secondary N) is 2. The first kappa shape index (κ1) is 19.5. The van der Waals surface area contributed by atoms with Crippen molar-refractivity contribution in [3.63, 3.8) is 0 Å². The number of hydrogen-bond acceptors (Lipinski definition) is 7. The van der Waals surface area contributed by atoms with E-state index >= 15 is 0 Å². The van der Waals surface area contributed by atoms with Crippen molar-refractivity contribution in [3.05, 3.63) is 41.3 Å². The van der Waals surface area contributed by atoms with E-state index in [1.54, 1.807) is 27.7 Å². The van der Waals surface area contributed by atoms with E-state index in [2.05, 4.69) is 30.6 Å². The first-order valence-corrected chi connectivity index (χ1v) is 10.2. The number of nitrogens with zero attached hydrogens (tertiary/aromatic N) is 6. The van der Waals surface area contributed by atoms with Gasteiger partial charge in [0.2, 0.25) is 5.95 Å². The summed E-state index contributed by atoms with van der Waals surface area (Å²) in [6.07, 6.45) is -0.134. The molecule has 9 nitrogen and oxygen atoms in total. The Hall–Kier alpha value is -3.48. The van der Waals surface area contributed by atoms with E-state index in [1.807, 2.05) is 0 Å². The quantitative estimate of drug-likeness (QED) is 0.486. The minimum Gasteiger partial charge on any atom is -0.336 e. The Morgan fingerprint density at radius 1 is 1.35 bits per heavy atom. The molecule has 0 unspecified atom stereocenters. The molecule has 5 rings (SSSR count). The number of carbonyl (C=O) groups excluding carboxylic acids is 1. The van der Waals surface area contributed by atoms with Crippen LogP contribution in [0.4, 0.5) is 24.8 Å². The van der Waals surface area contributed by atoms with E-state index in [9.17, 15) is 18.0 Å². The Balaban J connectivity index is 1.36. The molecule has 0 spiro atoms. The Kier molecular flexibility index (Phi) is 4.81. The van der Waals surface area contributed by atoms with Gasteiger partial charge in [0, 0.05) is 29.9 Å². The molecule has 4 aromatic rings. The van der Waals surface area contributed by atoms with Crippen molar-refractivity contribution in [2.45, 2.75) is 19.0 Å². The number of pyridine rings is 1. The fraction of sp³-hybridized carbons (Fsp3) is 0.278. The molecule has 0 radical (unpaired) electrons. The van der Waals surface area contributed by atoms with Crippen LogP contribution < -0.4 is 10.2 Å². The average Bonchev–Trinajstić information content (AvgIpc) is 3.51. The first-order valence-electron chi connectivity index (χ1n) is 9.32. The molecule has 1 atom stereocenters. The molecule has 0 saturated carbocycles. The van der Waals surface area contributed by atoms with Gasteiger partial charge in [0.1, 0.15) is 22.6 Å². The lowest BCUT2D eigenvalue weighted by atomic mass is 10.2. The lowest BCUT2D eigenvalue weighted by Gasteiger charge is -2.10. The standard InChI is InChI=1S/C18H15F3N8OS/c19-9-1-3-28(7-9)18-25-13-5-10(2-4-29(13)27-18)23-16(30)14-11(6-22-26-14)17-24-12(8-31-17)15(20)21/h2,4-6,8-9,15H,1,3,7H2,(H,22,26)(H,23,30)/t9-/m0/s1. The molecular weight excluding hydrogens is 433 g/mol. The van der Waals surface area contributed by atoms with Crippen LogP contribution in [0.3, 0.4) is 0 Å². The minimum absolute atomic E-state index is 0.100. The predicted molar refractivity (Wildman–Crippen MR) is 107 cm³/mol. The summed E-state index contributed by atoms with van der Waals surface area (Å²) in [7, 11) is 0. The number of aromatic amines is 1. The molecule has 1 aliphatic rings. The third kappa shape index (κ3) is 3.71. The van der Waals surface area contributed by atoms with Crippen molar-refractivity contribution >= 4 is 34.5 Å². The minimum atomic E-state index is -2.69. The average molecular weight is 448 g/mol. The van der Waals surface area contributed by atoms with Crippen LogP contribution in [0, 0.1) is 0 Å². The van der Waals surface area contributed by atoms with Gasteiger partial charge in [-0.2, -0.15) is 10.1 Å². The molecule has 13 heteroatoms. The van der Waals surface area contributed by atoms with Gasteiger partial charge in [0.15, 0.2) is 5.65 Å². The number of fused-ring (bicyclic) bond motifs is 1. The fourth-order valence-electron chi connectivity index (χ4n) is 3.31. The zero-order valence-electron chi connectivity index (χ0n) is 15.8. The highest BCUT2D eigenvalue weighted by Crippen LogP contribution is 2.30. The molecule has 1 amide bonds. The molecule has 1 aliphatic heterocycles. The van der Waals surface area contributed by atoms with Crippen molar-refractivity contribution in [2.75, 3.05) is 23.3 Å². The molecular formula is C18H15F3N8OS. The summed E-state index contributed by atoms with van der Waals surface area (Å²) in [5.74, 6) is -0.0803. The van der Waals surface area contributed by atoms with Gasteiger partial charge in [0.25, 0.3) is 12.3 Å². The highest BCUT2D eigenvalue weighted by Gasteiger charge is 2.25. The molecule has 0 bridgehead atoms. The molecule has 160 valence electrons. The van der Waals surface area contributed by atoms with Crippen LogP contribution in [0.1, 0.15) is 29.0 Å². The van der Waals surface area contributed by atoms with Gasteiger partial charge in [-0.15, -0.1) is 16.4 Å². The van der Waals surface area contributed by atoms with Crippen molar-refractivity contribution in [3.8, 4) is 10.6 Å². The summed E-state index contributed by atoms with van der Waals surface area (Å²) in [4.78, 5) is 22.8. The summed E-state index contributed by atoms with van der Waals surface area (Å²) in [6, 6.07) is 3.27. The molecule has 2 N–H and O–H groups in total. The highest BCUT2D eigenvalue weighted by molar-refractivity contribution is 7.13. The molecule has 0 aliphatic carbocycles. The van der Waals surface area contributed by atoms with Crippen LogP contribution in [0.15, 0.2) is 29.9 Å². The summed E-state index contributed by atoms with van der Waals surface area (Å²) in [6.45, 7) is 0.807. The van der Waals surface area contributed by atoms with E-state index in [4.69, 9.17) is 0 Å². The van der Waals surface area contributed by atoms with Crippen LogP contribution in [-0.2, 0) is 0 Å². The van der Waals surface area contributed by atoms with Crippen LogP contribution in [0.2, 0.25) is 0 Å². The maximum absolute atomic E-state index is 13.5. The Bertz CT molecular complexity index is 1250. The maximum atomic E-state index is 13.5. The number of alkyl halides is 3. The van der Waals surface area contributed by atoms with Crippen LogP contribution in [-0.4, -0.2) is 54.9 Å². The van der Waals surface area contributed by atoms with E-state index in [-0.39, 0.29) is 22.9 Å². The SMILES string of the molecule is O=C(Nc1ccn2nc(N3CC[C@H](F)C3)nc2c1)c1[nH]ncc1-c1nc(C(F)F)cs1. The zero-order chi connectivity index (χ0) is 21.5. The number of aromatic nitrogens is 6. The van der Waals surface area contributed by atoms with Crippen LogP contribution >= 0.6 is 11.3 Å². The first-order chi connectivity index (χ1) is 15.0. The van der Waals surface area contributed by atoms with Crippen molar-refractivity contribution < 1.29 is 18.0 Å². The number of H-pyrrole nitrogens is 1. The van der Waals surface area contributed by atoms with Gasteiger partial charge in [-0.1, -0.05) is 0 Å². The summed E-state index contributed by atoms with van der Waals surface area (Å²) >= 11 is 1.01. The largest absolute Gasteiger partial charge is 0.336 e. The van der Waals surface area contributed by atoms with Crippen molar-refractivity contribution in [1.82, 2.24) is 29.8 Å². The highest BCUT2D eigenvalue weighted by atomic mass is 32.1. The van der Waals surface area contributed by atoms with E-state index in [0.717, 1.165) is 11.3 Å². The number of carbonyl (C=O) groups is 1. The maximum Gasteiger partial charge on any atom is 0.281 e. The van der Waals surface area contributed by atoms with Crippen molar-refractivity contribution in [2.24, 2.45) is 0 Å². The molecule has 4 aromatic heterocycles. The van der Waals surface area contributed by atoms with Gasteiger partial charge < -0.3 is 10.2 Å². The normalized spacial score (nSPS) is 16.5. The number of thiazole rings is 1. The third-order valence-electron chi connectivity index (χ3n) is 4.84. The van der Waals surface area contributed by atoms with E-state index in [1.165, 1.54) is 11.6 Å². The summed E-state index contributed by atoms with van der Waals surface area (Å²) in [5.41, 5.74) is 1.02. The number of rotatable bonds is 5. The number of hydrogen-bond donors (Lipinski definition) is 2. The molecule has 5 heterocycles. The van der Waals surface area contributed by atoms with E-state index in [0.29, 0.717) is 35.8 Å². The monoisotopic (exact) mass is 448 g/mol. The molecule has 0 aromatic carbocycles. The second kappa shape index (κ2) is 7.65. The van der Waals surface area contributed by atoms with Crippen molar-refractivity contribution in [1.29, 1.82) is 0 Å². The smallest absolute Gasteiger partial charge is 0.281 e. The topological polar surface area (TPSA) is 104 Å². The van der Waals surface area contributed by atoms with Gasteiger partial charge in [-0.05, 0) is 12.5 Å². The van der Waals surface area contributed by atoms with Gasteiger partial charge in [-0.3, -0.25) is 9.89 Å². The fourth-order valence-corrected chi connectivity index (χ4v) is 4.13. The van der Waals surface area contributed by atoms with E-state index < -0.39 is 18.5 Å². The Morgan fingerprint density at radius 3 is 2.97 bits per heavy atom. The second-order valence-electron chi connectivity index (χ2n) is 6.95. The molecule has 1 fully saturated rings. The Morgan fingerprint density at radius 2 is 2.23 bits per heavy atom. The molecule has 31 heavy (non-hydrogen) atoms. The van der Waals surface area contributed by atoms with Crippen LogP contribution in [0.5, 0.6) is 0 Å². The number of anilines is 2. The summed E-state index contributed by atoms with van der Waals surface area (Å²) < 4.78 is 40.6. The van der Waals surface area contributed by atoms with Gasteiger partial charge in [-0.25, -0.2) is 22.7 Å². The predicted octanol–water partition coefficient (Wildman–Crippen LogP) is 3.31. The Labute approximate surface area is 176 Å². The lowest BCUT2D eigenvalue weighted by Crippen LogP contribution is -2.21. The van der Waals surface area contributed by atoms with Crippen LogP contribution in [0.25, 0.3) is 16.2 Å². The lowest BCUT2D eigenvalue weighted by molar-refractivity contribution is 0.102. The second-order valence-corrected chi connectivity index (χ2v) is 7.81. The van der Waals surface area contributed by atoms with Gasteiger partial charge >= 0.3 is 0 Å². The summed E-state index contributed by atoms with van der Waals surface area (Å²) in [5, 5.41) is 15.0. The molecule has 1 saturated heterocycles. The number of amides is 1. The number of halogens is 3. The van der Waals surface area contributed by atoms with Gasteiger partial charge in [0.05, 0.1) is 18.3 Å². The zero-order valence-corrected chi connectivity index (χ0v) is 16.6. The third-order valence-corrected chi connectivity index (χ3v) is 5.73.